The van der Waals surface area contributed by atoms with E-state index in [9.17, 15) is 0 Å². The average Bonchev–Trinajstić information content (AvgIpc) is 3.25. The van der Waals surface area contributed by atoms with Crippen molar-refractivity contribution < 1.29 is 0 Å². The second-order valence-corrected chi connectivity index (χ2v) is 14.4. The first kappa shape index (κ1) is 30.6. The fourth-order valence-corrected chi connectivity index (χ4v) is 9.06. The van der Waals surface area contributed by atoms with Gasteiger partial charge in [-0.15, -0.1) is 0 Å². The molecule has 0 radical (unpaired) electrons. The molecule has 0 fully saturated rings. The summed E-state index contributed by atoms with van der Waals surface area (Å²) in [5.74, 6) is 0. The molecular formula is C54H34. The summed E-state index contributed by atoms with van der Waals surface area (Å²) in [7, 11) is 0. The average molecular weight is 683 g/mol. The number of rotatable bonds is 4. The number of benzene rings is 11. The monoisotopic (exact) mass is 682 g/mol. The van der Waals surface area contributed by atoms with Gasteiger partial charge in [0.05, 0.1) is 0 Å². The quantitative estimate of drug-likeness (QED) is 0.128. The Labute approximate surface area is 314 Å². The summed E-state index contributed by atoms with van der Waals surface area (Å²) in [6.07, 6.45) is 0. The van der Waals surface area contributed by atoms with Gasteiger partial charge in [0.25, 0.3) is 0 Å². The second kappa shape index (κ2) is 12.3. The molecule has 11 aromatic carbocycles. The van der Waals surface area contributed by atoms with Gasteiger partial charge >= 0.3 is 0 Å². The fourth-order valence-electron chi connectivity index (χ4n) is 9.06. The highest BCUT2D eigenvalue weighted by molar-refractivity contribution is 6.29. The Hall–Kier alpha value is -7.02. The standard InChI is InChI=1S/C54H34/c1-3-17-37(18-4-1)51-44-24-12-11-23-43(44)49-34-41(30-31-47(49)52(51)38-19-5-2-6-20-38)50-45-25-13-14-26-46(45)53(40-28-27-35-15-7-8-21-39(35)33-40)54-42-22-10-9-16-36(42)29-32-48(50)54/h1-34H. The maximum Gasteiger partial charge on any atom is -0.00141 e. The Morgan fingerprint density at radius 3 is 1.31 bits per heavy atom. The summed E-state index contributed by atoms with van der Waals surface area (Å²) in [6.45, 7) is 0. The van der Waals surface area contributed by atoms with E-state index in [0.29, 0.717) is 0 Å². The van der Waals surface area contributed by atoms with Gasteiger partial charge in [0.2, 0.25) is 0 Å². The van der Waals surface area contributed by atoms with E-state index in [1.165, 1.54) is 109 Å². The molecule has 11 aromatic rings. The highest BCUT2D eigenvalue weighted by atomic mass is 14.2. The van der Waals surface area contributed by atoms with Crippen molar-refractivity contribution in [2.45, 2.75) is 0 Å². The Bertz CT molecular complexity index is 3240. The van der Waals surface area contributed by atoms with Crippen LogP contribution in [0, 0.1) is 0 Å². The smallest absolute Gasteiger partial charge is 0.00141 e. The van der Waals surface area contributed by atoms with Crippen LogP contribution >= 0.6 is 0 Å². The summed E-state index contributed by atoms with van der Waals surface area (Å²) < 4.78 is 0. The third-order valence-corrected chi connectivity index (χ3v) is 11.4. The molecule has 11 rings (SSSR count). The van der Waals surface area contributed by atoms with E-state index in [-0.39, 0.29) is 0 Å². The van der Waals surface area contributed by atoms with E-state index in [1.54, 1.807) is 0 Å². The zero-order valence-electron chi connectivity index (χ0n) is 29.6. The van der Waals surface area contributed by atoms with E-state index in [4.69, 9.17) is 0 Å². The molecule has 0 saturated carbocycles. The van der Waals surface area contributed by atoms with Crippen molar-refractivity contribution in [2.75, 3.05) is 0 Å². The summed E-state index contributed by atoms with van der Waals surface area (Å²) in [5, 5.41) is 15.2. The van der Waals surface area contributed by atoms with Crippen molar-refractivity contribution in [3.8, 4) is 44.5 Å². The molecule has 0 aromatic heterocycles. The van der Waals surface area contributed by atoms with Crippen LogP contribution in [-0.4, -0.2) is 0 Å². The summed E-state index contributed by atoms with van der Waals surface area (Å²) in [4.78, 5) is 0. The second-order valence-electron chi connectivity index (χ2n) is 14.4. The highest BCUT2D eigenvalue weighted by Gasteiger charge is 2.22. The molecule has 0 unspecified atom stereocenters. The maximum atomic E-state index is 2.46. The van der Waals surface area contributed by atoms with Crippen LogP contribution in [0.25, 0.3) is 109 Å². The van der Waals surface area contributed by atoms with Crippen molar-refractivity contribution in [1.29, 1.82) is 0 Å². The van der Waals surface area contributed by atoms with Gasteiger partial charge < -0.3 is 0 Å². The third-order valence-electron chi connectivity index (χ3n) is 11.4. The van der Waals surface area contributed by atoms with Crippen LogP contribution in [0.15, 0.2) is 206 Å². The van der Waals surface area contributed by atoms with Crippen LogP contribution in [0.4, 0.5) is 0 Å². The largest absolute Gasteiger partial charge is 0.0622 e. The SMILES string of the molecule is c1ccc(-c2c(-c3ccccc3)c3ccc(-c4c5ccccc5c(-c5ccc6ccccc6c5)c5c4ccc4ccccc45)cc3c3ccccc23)cc1. The van der Waals surface area contributed by atoms with Crippen LogP contribution in [0.5, 0.6) is 0 Å². The molecule has 0 N–H and O–H groups in total. The molecule has 0 aliphatic carbocycles. The van der Waals surface area contributed by atoms with Gasteiger partial charge in [-0.05, 0) is 121 Å². The Balaban J connectivity index is 1.28. The predicted octanol–water partition coefficient (Wildman–Crippen LogP) is 15.3. The van der Waals surface area contributed by atoms with Crippen molar-refractivity contribution >= 4 is 64.6 Å². The van der Waals surface area contributed by atoms with E-state index >= 15 is 0 Å². The first-order chi connectivity index (χ1) is 26.8. The van der Waals surface area contributed by atoms with Crippen molar-refractivity contribution in [2.24, 2.45) is 0 Å². The molecule has 0 saturated heterocycles. The van der Waals surface area contributed by atoms with Crippen LogP contribution < -0.4 is 0 Å². The maximum absolute atomic E-state index is 2.46. The number of hydrogen-bond donors (Lipinski definition) is 0. The Kier molecular flexibility index (Phi) is 6.97. The van der Waals surface area contributed by atoms with Gasteiger partial charge in [-0.1, -0.05) is 194 Å². The van der Waals surface area contributed by atoms with Crippen LogP contribution in [0.3, 0.4) is 0 Å². The summed E-state index contributed by atoms with van der Waals surface area (Å²) in [5.41, 5.74) is 10.0. The zero-order valence-corrected chi connectivity index (χ0v) is 29.6. The Morgan fingerprint density at radius 1 is 0.185 bits per heavy atom. The minimum absolute atomic E-state index is 1.22. The summed E-state index contributed by atoms with van der Waals surface area (Å²) >= 11 is 0. The lowest BCUT2D eigenvalue weighted by molar-refractivity contribution is 1.62. The zero-order chi connectivity index (χ0) is 35.6. The van der Waals surface area contributed by atoms with Gasteiger partial charge in [-0.25, -0.2) is 0 Å². The van der Waals surface area contributed by atoms with Crippen LogP contribution in [-0.2, 0) is 0 Å². The van der Waals surface area contributed by atoms with Gasteiger partial charge in [0.1, 0.15) is 0 Å². The van der Waals surface area contributed by atoms with Crippen molar-refractivity contribution in [3.05, 3.63) is 206 Å². The number of fused-ring (bicyclic) bond motifs is 8. The van der Waals surface area contributed by atoms with Gasteiger partial charge in [0, 0.05) is 0 Å². The van der Waals surface area contributed by atoms with E-state index in [0.717, 1.165) is 0 Å². The van der Waals surface area contributed by atoms with Gasteiger partial charge in [0.15, 0.2) is 0 Å². The molecule has 0 bridgehead atoms. The lowest BCUT2D eigenvalue weighted by Crippen LogP contribution is -1.94. The molecule has 0 spiro atoms. The molecule has 0 aliphatic rings. The molecule has 0 nitrogen and oxygen atoms in total. The molecule has 0 atom stereocenters. The molecule has 0 heterocycles. The molecule has 0 amide bonds. The molecule has 54 heavy (non-hydrogen) atoms. The molecular weight excluding hydrogens is 649 g/mol. The molecule has 0 heteroatoms. The normalized spacial score (nSPS) is 11.7. The highest BCUT2D eigenvalue weighted by Crippen LogP contribution is 2.49. The van der Waals surface area contributed by atoms with Crippen LogP contribution in [0.1, 0.15) is 0 Å². The van der Waals surface area contributed by atoms with Gasteiger partial charge in [-0.2, -0.15) is 0 Å². The third kappa shape index (κ3) is 4.71. The van der Waals surface area contributed by atoms with Crippen molar-refractivity contribution in [1.82, 2.24) is 0 Å². The summed E-state index contributed by atoms with van der Waals surface area (Å²) in [6, 6.07) is 76.1. The minimum atomic E-state index is 1.22. The first-order valence-corrected chi connectivity index (χ1v) is 18.8. The molecule has 250 valence electrons. The topological polar surface area (TPSA) is 0 Å². The lowest BCUT2D eigenvalue weighted by atomic mass is 9.81. The number of hydrogen-bond acceptors (Lipinski definition) is 0. The fraction of sp³-hybridized carbons (Fsp3) is 0. The van der Waals surface area contributed by atoms with Crippen LogP contribution in [0.2, 0.25) is 0 Å². The Morgan fingerprint density at radius 2 is 0.630 bits per heavy atom. The first-order valence-electron chi connectivity index (χ1n) is 18.8. The van der Waals surface area contributed by atoms with E-state index in [2.05, 4.69) is 206 Å². The van der Waals surface area contributed by atoms with E-state index < -0.39 is 0 Å². The predicted molar refractivity (Wildman–Crippen MR) is 233 cm³/mol. The van der Waals surface area contributed by atoms with Gasteiger partial charge in [-0.3, -0.25) is 0 Å². The van der Waals surface area contributed by atoms with Crippen molar-refractivity contribution in [3.63, 3.8) is 0 Å². The van der Waals surface area contributed by atoms with E-state index in [1.807, 2.05) is 0 Å². The lowest BCUT2D eigenvalue weighted by Gasteiger charge is -2.21. The minimum Gasteiger partial charge on any atom is -0.0622 e. The molecule has 0 aliphatic heterocycles.